The first-order chi connectivity index (χ1) is 12.1. The number of carbonyl (C=O) groups is 1. The first-order valence-electron chi connectivity index (χ1n) is 8.66. The summed E-state index contributed by atoms with van der Waals surface area (Å²) >= 11 is 6.25. The molecule has 1 atom stereocenters. The summed E-state index contributed by atoms with van der Waals surface area (Å²) in [5, 5.41) is 0.633. The Kier molecular flexibility index (Phi) is 5.44. The van der Waals surface area contributed by atoms with Gasteiger partial charge in [-0.1, -0.05) is 48.5 Å². The number of hydrogen-bond acceptors (Lipinski definition) is 2. The van der Waals surface area contributed by atoms with Crippen molar-refractivity contribution in [1.82, 2.24) is 0 Å². The zero-order valence-corrected chi connectivity index (χ0v) is 15.0. The molecule has 4 heteroatoms. The molecule has 0 saturated carbocycles. The van der Waals surface area contributed by atoms with E-state index in [9.17, 15) is 4.79 Å². The maximum absolute atomic E-state index is 12.2. The van der Waals surface area contributed by atoms with Gasteiger partial charge in [0.25, 0.3) is 0 Å². The van der Waals surface area contributed by atoms with E-state index in [-0.39, 0.29) is 0 Å². The van der Waals surface area contributed by atoms with Crippen molar-refractivity contribution in [2.75, 3.05) is 18.0 Å². The molecular formula is C21H23ClN2O. The number of rotatable bonds is 5. The van der Waals surface area contributed by atoms with Gasteiger partial charge < -0.3 is 10.6 Å². The molecular weight excluding hydrogens is 332 g/mol. The fourth-order valence-electron chi connectivity index (χ4n) is 3.51. The normalized spacial score (nSPS) is 15.6. The maximum Gasteiger partial charge on any atom is 0.229 e. The maximum atomic E-state index is 12.2. The molecule has 2 aromatic rings. The summed E-state index contributed by atoms with van der Waals surface area (Å²) in [6, 6.07) is 15.4. The van der Waals surface area contributed by atoms with Gasteiger partial charge in [0, 0.05) is 29.4 Å². The van der Waals surface area contributed by atoms with Crippen molar-refractivity contribution in [3.8, 4) is 0 Å². The molecule has 1 fully saturated rings. The molecule has 1 aliphatic heterocycles. The number of hydrogen-bond donors (Lipinski definition) is 1. The number of carbonyl (C=O) groups excluding carboxylic acids is 1. The van der Waals surface area contributed by atoms with Crippen LogP contribution in [0, 0.1) is 0 Å². The summed E-state index contributed by atoms with van der Waals surface area (Å²) in [4.78, 5) is 14.6. The van der Waals surface area contributed by atoms with Gasteiger partial charge in [-0.3, -0.25) is 4.79 Å². The van der Waals surface area contributed by atoms with Gasteiger partial charge in [0.1, 0.15) is 0 Å². The summed E-state index contributed by atoms with van der Waals surface area (Å²) in [6.07, 6.45) is 3.60. The molecule has 1 saturated heterocycles. The summed E-state index contributed by atoms with van der Waals surface area (Å²) in [7, 11) is 0. The van der Waals surface area contributed by atoms with Gasteiger partial charge in [-0.25, -0.2) is 0 Å². The lowest BCUT2D eigenvalue weighted by Gasteiger charge is -2.32. The third-order valence-corrected chi connectivity index (χ3v) is 5.00. The topological polar surface area (TPSA) is 46.3 Å². The van der Waals surface area contributed by atoms with Gasteiger partial charge in [0.05, 0.1) is 5.92 Å². The number of nitrogens with zero attached hydrogens (tertiary/aromatic N) is 1. The van der Waals surface area contributed by atoms with Crippen molar-refractivity contribution in [1.29, 1.82) is 0 Å². The molecule has 25 heavy (non-hydrogen) atoms. The van der Waals surface area contributed by atoms with E-state index in [1.54, 1.807) is 0 Å². The van der Waals surface area contributed by atoms with Crippen molar-refractivity contribution < 1.29 is 4.79 Å². The Bertz CT molecular complexity index is 767. The largest absolute Gasteiger partial charge is 0.371 e. The molecule has 1 heterocycles. The molecule has 0 aliphatic carbocycles. The first-order valence-corrected chi connectivity index (χ1v) is 9.03. The summed E-state index contributed by atoms with van der Waals surface area (Å²) in [5.41, 5.74) is 9.26. The number of halogens is 1. The Labute approximate surface area is 154 Å². The highest BCUT2D eigenvalue weighted by molar-refractivity contribution is 6.31. The van der Waals surface area contributed by atoms with Crippen LogP contribution in [0.15, 0.2) is 55.1 Å². The average Bonchev–Trinajstić information content (AvgIpc) is 2.63. The molecule has 0 aromatic heterocycles. The molecule has 1 unspecified atom stereocenters. The summed E-state index contributed by atoms with van der Waals surface area (Å²) in [5.74, 6) is -0.969. The monoisotopic (exact) mass is 354 g/mol. The van der Waals surface area contributed by atoms with E-state index in [1.165, 1.54) is 19.3 Å². The van der Waals surface area contributed by atoms with Crippen LogP contribution in [0.3, 0.4) is 0 Å². The van der Waals surface area contributed by atoms with Crippen LogP contribution in [0.5, 0.6) is 0 Å². The van der Waals surface area contributed by atoms with Gasteiger partial charge >= 0.3 is 0 Å². The van der Waals surface area contributed by atoms with Crippen LogP contribution in [-0.4, -0.2) is 19.0 Å². The van der Waals surface area contributed by atoms with Crippen LogP contribution in [0.4, 0.5) is 5.69 Å². The Balaban J connectivity index is 2.02. The van der Waals surface area contributed by atoms with Gasteiger partial charge in [0.15, 0.2) is 0 Å². The van der Waals surface area contributed by atoms with Crippen LogP contribution in [-0.2, 0) is 4.79 Å². The summed E-state index contributed by atoms with van der Waals surface area (Å²) < 4.78 is 0. The van der Waals surface area contributed by atoms with Crippen LogP contribution < -0.4 is 10.6 Å². The number of benzene rings is 2. The molecule has 1 aliphatic rings. The van der Waals surface area contributed by atoms with Gasteiger partial charge in [-0.15, -0.1) is 0 Å². The standard InChI is InChI=1S/C21H23ClN2O/c1-15(20(21(23)25)16-8-4-2-5-9-16)18-14-17(22)10-11-19(18)24-12-6-3-7-13-24/h2,4-5,8-11,14,20H,1,3,6-7,12-13H2,(H2,23,25). The van der Waals surface area contributed by atoms with E-state index in [4.69, 9.17) is 17.3 Å². The number of nitrogens with two attached hydrogens (primary N) is 1. The number of piperidine rings is 1. The number of primary amides is 1. The second-order valence-electron chi connectivity index (χ2n) is 6.48. The van der Waals surface area contributed by atoms with E-state index < -0.39 is 11.8 Å². The van der Waals surface area contributed by atoms with Crippen LogP contribution in [0.1, 0.15) is 36.3 Å². The molecule has 2 aromatic carbocycles. The van der Waals surface area contributed by atoms with Gasteiger partial charge in [-0.2, -0.15) is 0 Å². The number of amides is 1. The molecule has 0 spiro atoms. The average molecular weight is 355 g/mol. The highest BCUT2D eigenvalue weighted by atomic mass is 35.5. The lowest BCUT2D eigenvalue weighted by molar-refractivity contribution is -0.118. The minimum absolute atomic E-state index is 0.402. The molecule has 3 nitrogen and oxygen atoms in total. The highest BCUT2D eigenvalue weighted by Crippen LogP contribution is 2.38. The van der Waals surface area contributed by atoms with Crippen molar-refractivity contribution in [3.63, 3.8) is 0 Å². The smallest absolute Gasteiger partial charge is 0.229 e. The third-order valence-electron chi connectivity index (χ3n) is 4.77. The molecule has 130 valence electrons. The molecule has 0 bridgehead atoms. The lowest BCUT2D eigenvalue weighted by Crippen LogP contribution is -2.30. The minimum atomic E-state index is -0.566. The SMILES string of the molecule is C=C(c1cc(Cl)ccc1N1CCCCC1)C(C(N)=O)c1ccccc1. The van der Waals surface area contributed by atoms with Crippen molar-refractivity contribution in [3.05, 3.63) is 71.3 Å². The lowest BCUT2D eigenvalue weighted by atomic mass is 9.86. The van der Waals surface area contributed by atoms with Crippen LogP contribution >= 0.6 is 11.6 Å². The van der Waals surface area contributed by atoms with Crippen LogP contribution in [0.25, 0.3) is 5.57 Å². The Morgan fingerprint density at radius 2 is 1.76 bits per heavy atom. The predicted octanol–water partition coefficient (Wildman–Crippen LogP) is 4.61. The predicted molar refractivity (Wildman–Crippen MR) is 105 cm³/mol. The molecule has 2 N–H and O–H groups in total. The Hall–Kier alpha value is -2.26. The summed E-state index contributed by atoms with van der Waals surface area (Å²) in [6.45, 7) is 6.25. The third kappa shape index (κ3) is 3.88. The fourth-order valence-corrected chi connectivity index (χ4v) is 3.69. The number of anilines is 1. The van der Waals surface area contributed by atoms with Crippen LogP contribution in [0.2, 0.25) is 5.02 Å². The zero-order chi connectivity index (χ0) is 17.8. The van der Waals surface area contributed by atoms with Gasteiger partial charge in [0.2, 0.25) is 5.91 Å². The van der Waals surface area contributed by atoms with E-state index >= 15 is 0 Å². The van der Waals surface area contributed by atoms with Crippen molar-refractivity contribution >= 4 is 28.8 Å². The van der Waals surface area contributed by atoms with E-state index in [1.807, 2.05) is 48.5 Å². The van der Waals surface area contributed by atoms with E-state index in [2.05, 4.69) is 11.5 Å². The minimum Gasteiger partial charge on any atom is -0.371 e. The molecule has 0 radical (unpaired) electrons. The molecule has 3 rings (SSSR count). The Morgan fingerprint density at radius 3 is 2.40 bits per heavy atom. The fraction of sp³-hybridized carbons (Fsp3) is 0.286. The van der Waals surface area contributed by atoms with Crippen molar-refractivity contribution in [2.45, 2.75) is 25.2 Å². The quantitative estimate of drug-likeness (QED) is 0.852. The van der Waals surface area contributed by atoms with E-state index in [0.29, 0.717) is 10.6 Å². The van der Waals surface area contributed by atoms with Gasteiger partial charge in [-0.05, 0) is 48.6 Å². The van der Waals surface area contributed by atoms with E-state index in [0.717, 1.165) is 29.9 Å². The van der Waals surface area contributed by atoms with Crippen molar-refractivity contribution in [2.24, 2.45) is 5.73 Å². The Morgan fingerprint density at radius 1 is 1.08 bits per heavy atom. The highest BCUT2D eigenvalue weighted by Gasteiger charge is 2.25. The molecule has 1 amide bonds. The second-order valence-corrected chi connectivity index (χ2v) is 6.92. The zero-order valence-electron chi connectivity index (χ0n) is 14.2. The first kappa shape index (κ1) is 17.6. The second kappa shape index (κ2) is 7.75.